The summed E-state index contributed by atoms with van der Waals surface area (Å²) in [6.45, 7) is -0.134. The first-order valence-corrected chi connectivity index (χ1v) is 6.51. The summed E-state index contributed by atoms with van der Waals surface area (Å²) < 4.78 is 38.3. The fourth-order valence-corrected chi connectivity index (χ4v) is 2.33. The van der Waals surface area contributed by atoms with E-state index in [2.05, 4.69) is 5.32 Å². The van der Waals surface area contributed by atoms with Crippen LogP contribution in [-0.4, -0.2) is 11.4 Å². The van der Waals surface area contributed by atoms with Crippen LogP contribution >= 0.6 is 0 Å². The van der Waals surface area contributed by atoms with Crippen molar-refractivity contribution in [3.05, 3.63) is 35.4 Å². The van der Waals surface area contributed by atoms with Crippen LogP contribution in [0.1, 0.15) is 36.8 Å². The second kappa shape index (κ2) is 5.44. The number of carbonyl (C=O) groups excluding carboxylic acids is 1. The molecule has 0 aliphatic heterocycles. The van der Waals surface area contributed by atoms with Gasteiger partial charge < -0.3 is 11.1 Å². The van der Waals surface area contributed by atoms with Crippen LogP contribution in [0.25, 0.3) is 0 Å². The molecule has 1 amide bonds. The van der Waals surface area contributed by atoms with Gasteiger partial charge in [0.05, 0.1) is 5.56 Å². The lowest BCUT2D eigenvalue weighted by molar-refractivity contribution is -0.138. The number of nitrogens with one attached hydrogen (secondary N) is 1. The molecule has 6 heteroatoms. The Labute approximate surface area is 115 Å². The van der Waals surface area contributed by atoms with Gasteiger partial charge in [0.25, 0.3) is 0 Å². The Morgan fingerprint density at radius 3 is 2.50 bits per heavy atom. The van der Waals surface area contributed by atoms with Crippen LogP contribution in [0.15, 0.2) is 24.3 Å². The van der Waals surface area contributed by atoms with E-state index in [0.29, 0.717) is 0 Å². The smallest absolute Gasteiger partial charge is 0.352 e. The van der Waals surface area contributed by atoms with Crippen molar-refractivity contribution in [3.63, 3.8) is 0 Å². The summed E-state index contributed by atoms with van der Waals surface area (Å²) in [7, 11) is 0. The maximum atomic E-state index is 12.8. The SMILES string of the molecule is NC1(CC(=O)NCc2ccccc2C(F)(F)F)CCC1. The third-order valence-electron chi connectivity index (χ3n) is 3.66. The largest absolute Gasteiger partial charge is 0.416 e. The maximum Gasteiger partial charge on any atom is 0.416 e. The molecule has 0 spiro atoms. The quantitative estimate of drug-likeness (QED) is 0.894. The minimum atomic E-state index is -4.41. The number of benzene rings is 1. The van der Waals surface area contributed by atoms with Crippen molar-refractivity contribution in [2.45, 2.75) is 43.9 Å². The average Bonchev–Trinajstić information content (AvgIpc) is 2.34. The Morgan fingerprint density at radius 2 is 1.95 bits per heavy atom. The lowest BCUT2D eigenvalue weighted by atomic mass is 9.75. The molecular formula is C14H17F3N2O. The van der Waals surface area contributed by atoms with Crippen molar-refractivity contribution in [1.82, 2.24) is 5.32 Å². The monoisotopic (exact) mass is 286 g/mol. The van der Waals surface area contributed by atoms with Crippen LogP contribution in [-0.2, 0) is 17.5 Å². The van der Waals surface area contributed by atoms with E-state index in [-0.39, 0.29) is 24.4 Å². The van der Waals surface area contributed by atoms with E-state index in [1.807, 2.05) is 0 Å². The van der Waals surface area contributed by atoms with E-state index < -0.39 is 17.3 Å². The predicted octanol–water partition coefficient (Wildman–Crippen LogP) is 2.59. The first-order chi connectivity index (χ1) is 9.30. The van der Waals surface area contributed by atoms with Crippen LogP contribution in [0.4, 0.5) is 13.2 Å². The summed E-state index contributed by atoms with van der Waals surface area (Å²) in [5.41, 5.74) is 4.81. The average molecular weight is 286 g/mol. The molecule has 110 valence electrons. The number of hydrogen-bond acceptors (Lipinski definition) is 2. The standard InChI is InChI=1S/C14H17F3N2O/c15-14(16,17)11-5-2-1-4-10(11)9-19-12(20)8-13(18)6-3-7-13/h1-2,4-5H,3,6-9,18H2,(H,19,20). The molecule has 0 aromatic heterocycles. The van der Waals surface area contributed by atoms with E-state index in [1.54, 1.807) is 0 Å². The first kappa shape index (κ1) is 14.8. The van der Waals surface area contributed by atoms with Gasteiger partial charge in [0.15, 0.2) is 0 Å². The zero-order valence-electron chi connectivity index (χ0n) is 11.0. The molecule has 2 rings (SSSR count). The molecule has 1 saturated carbocycles. The Balaban J connectivity index is 1.95. The van der Waals surface area contributed by atoms with Crippen molar-refractivity contribution >= 4 is 5.91 Å². The molecular weight excluding hydrogens is 269 g/mol. The van der Waals surface area contributed by atoms with E-state index in [1.165, 1.54) is 18.2 Å². The summed E-state index contributed by atoms with van der Waals surface area (Å²) in [4.78, 5) is 11.7. The Hall–Kier alpha value is -1.56. The second-order valence-electron chi connectivity index (χ2n) is 5.32. The van der Waals surface area contributed by atoms with E-state index >= 15 is 0 Å². The van der Waals surface area contributed by atoms with Gasteiger partial charge in [-0.3, -0.25) is 4.79 Å². The topological polar surface area (TPSA) is 55.1 Å². The zero-order chi connectivity index (χ0) is 14.8. The van der Waals surface area contributed by atoms with Gasteiger partial charge in [0.2, 0.25) is 5.91 Å². The van der Waals surface area contributed by atoms with Crippen molar-refractivity contribution in [1.29, 1.82) is 0 Å². The molecule has 0 radical (unpaired) electrons. The molecule has 20 heavy (non-hydrogen) atoms. The number of halogens is 3. The van der Waals surface area contributed by atoms with Gasteiger partial charge in [-0.15, -0.1) is 0 Å². The van der Waals surface area contributed by atoms with E-state index in [9.17, 15) is 18.0 Å². The van der Waals surface area contributed by atoms with E-state index in [0.717, 1.165) is 25.3 Å². The summed E-state index contributed by atoms with van der Waals surface area (Å²) in [5.74, 6) is -0.302. The van der Waals surface area contributed by atoms with Gasteiger partial charge in [0.1, 0.15) is 0 Å². The summed E-state index contributed by atoms with van der Waals surface area (Å²) in [5, 5.41) is 2.52. The molecule has 0 atom stereocenters. The minimum absolute atomic E-state index is 0.0630. The highest BCUT2D eigenvalue weighted by Gasteiger charge is 2.35. The minimum Gasteiger partial charge on any atom is -0.352 e. The second-order valence-corrected chi connectivity index (χ2v) is 5.32. The van der Waals surface area contributed by atoms with Crippen molar-refractivity contribution in [2.24, 2.45) is 5.73 Å². The number of amides is 1. The molecule has 1 fully saturated rings. The molecule has 0 heterocycles. The van der Waals surface area contributed by atoms with Crippen LogP contribution in [0.3, 0.4) is 0 Å². The summed E-state index contributed by atoms with van der Waals surface area (Å²) in [6.07, 6.45) is -1.66. The molecule has 3 nitrogen and oxygen atoms in total. The molecule has 0 unspecified atom stereocenters. The van der Waals surface area contributed by atoms with Gasteiger partial charge in [-0.25, -0.2) is 0 Å². The molecule has 1 aromatic carbocycles. The van der Waals surface area contributed by atoms with Gasteiger partial charge in [-0.2, -0.15) is 13.2 Å². The number of rotatable bonds is 4. The maximum absolute atomic E-state index is 12.8. The van der Waals surface area contributed by atoms with Crippen molar-refractivity contribution in [2.75, 3.05) is 0 Å². The Kier molecular flexibility index (Phi) is 4.04. The predicted molar refractivity (Wildman–Crippen MR) is 68.7 cm³/mol. The molecule has 1 aromatic rings. The lowest BCUT2D eigenvalue weighted by Gasteiger charge is -2.37. The van der Waals surface area contributed by atoms with Crippen LogP contribution in [0, 0.1) is 0 Å². The highest BCUT2D eigenvalue weighted by atomic mass is 19.4. The van der Waals surface area contributed by atoms with Crippen molar-refractivity contribution in [3.8, 4) is 0 Å². The first-order valence-electron chi connectivity index (χ1n) is 6.51. The number of hydrogen-bond donors (Lipinski definition) is 2. The van der Waals surface area contributed by atoms with Crippen molar-refractivity contribution < 1.29 is 18.0 Å². The van der Waals surface area contributed by atoms with Crippen LogP contribution in [0.5, 0.6) is 0 Å². The number of alkyl halides is 3. The van der Waals surface area contributed by atoms with Gasteiger partial charge in [-0.1, -0.05) is 18.2 Å². The molecule has 0 bridgehead atoms. The molecule has 1 aliphatic carbocycles. The summed E-state index contributed by atoms with van der Waals surface area (Å²) >= 11 is 0. The van der Waals surface area contributed by atoms with Crippen LogP contribution in [0.2, 0.25) is 0 Å². The fourth-order valence-electron chi connectivity index (χ4n) is 2.33. The molecule has 1 aliphatic rings. The highest BCUT2D eigenvalue weighted by Crippen LogP contribution is 2.33. The molecule has 0 saturated heterocycles. The Morgan fingerprint density at radius 1 is 1.30 bits per heavy atom. The van der Waals surface area contributed by atoms with E-state index in [4.69, 9.17) is 5.73 Å². The summed E-state index contributed by atoms with van der Waals surface area (Å²) in [6, 6.07) is 5.23. The normalized spacial score (nSPS) is 17.4. The van der Waals surface area contributed by atoms with Gasteiger partial charge in [-0.05, 0) is 30.9 Å². The van der Waals surface area contributed by atoms with Gasteiger partial charge in [0, 0.05) is 18.5 Å². The highest BCUT2D eigenvalue weighted by molar-refractivity contribution is 5.77. The third kappa shape index (κ3) is 3.50. The number of nitrogens with two attached hydrogens (primary N) is 1. The molecule has 3 N–H and O–H groups in total. The van der Waals surface area contributed by atoms with Crippen LogP contribution < -0.4 is 11.1 Å². The Bertz CT molecular complexity index is 495. The third-order valence-corrected chi connectivity index (χ3v) is 3.66. The number of carbonyl (C=O) groups is 1. The zero-order valence-corrected chi connectivity index (χ0v) is 11.0. The van der Waals surface area contributed by atoms with Gasteiger partial charge >= 0.3 is 6.18 Å². The lowest BCUT2D eigenvalue weighted by Crippen LogP contribution is -2.49. The fraction of sp³-hybridized carbons (Fsp3) is 0.500.